The van der Waals surface area contributed by atoms with Gasteiger partial charge in [0.05, 0.1) is 16.4 Å². The van der Waals surface area contributed by atoms with Crippen LogP contribution < -0.4 is 4.74 Å². The number of halogens is 1. The second kappa shape index (κ2) is 7.05. The molecular weight excluding hydrogens is 404 g/mol. The number of pyridine rings is 1. The third-order valence-electron chi connectivity index (χ3n) is 4.77. The summed E-state index contributed by atoms with van der Waals surface area (Å²) in [7, 11) is 0. The molecule has 2 atom stereocenters. The number of thiophene rings is 1. The SMILES string of the molecule is O=C1c2c(ccnc2O[C@@H]2CCCC[C@H]2O)CN1Cc1ccc(Br)s1. The monoisotopic (exact) mass is 422 g/mol. The summed E-state index contributed by atoms with van der Waals surface area (Å²) in [6.07, 6.45) is 4.52. The summed E-state index contributed by atoms with van der Waals surface area (Å²) in [5, 5.41) is 10.1. The molecule has 1 aliphatic carbocycles. The Balaban J connectivity index is 1.54. The largest absolute Gasteiger partial charge is 0.471 e. The lowest BCUT2D eigenvalue weighted by atomic mass is 9.95. The van der Waals surface area contributed by atoms with Gasteiger partial charge in [-0.3, -0.25) is 4.79 Å². The normalized spacial score (nSPS) is 23.0. The number of aromatic nitrogens is 1. The highest BCUT2D eigenvalue weighted by molar-refractivity contribution is 9.11. The van der Waals surface area contributed by atoms with Crippen molar-refractivity contribution >= 4 is 33.2 Å². The molecule has 0 aromatic carbocycles. The number of aliphatic hydroxyl groups excluding tert-OH is 1. The number of hydrogen-bond donors (Lipinski definition) is 1. The van der Waals surface area contributed by atoms with E-state index in [9.17, 15) is 9.90 Å². The van der Waals surface area contributed by atoms with Gasteiger partial charge >= 0.3 is 0 Å². The van der Waals surface area contributed by atoms with E-state index in [1.807, 2.05) is 23.1 Å². The molecule has 25 heavy (non-hydrogen) atoms. The van der Waals surface area contributed by atoms with E-state index in [0.717, 1.165) is 39.9 Å². The van der Waals surface area contributed by atoms with Crippen molar-refractivity contribution in [3.8, 4) is 5.88 Å². The van der Waals surface area contributed by atoms with E-state index in [0.29, 0.717) is 24.5 Å². The van der Waals surface area contributed by atoms with Crippen LogP contribution in [-0.4, -0.2) is 33.1 Å². The van der Waals surface area contributed by atoms with E-state index in [1.165, 1.54) is 0 Å². The van der Waals surface area contributed by atoms with Gasteiger partial charge in [0.15, 0.2) is 0 Å². The molecule has 0 radical (unpaired) electrons. The quantitative estimate of drug-likeness (QED) is 0.814. The molecule has 0 bridgehead atoms. The maximum Gasteiger partial charge on any atom is 0.260 e. The van der Waals surface area contributed by atoms with Gasteiger partial charge in [0, 0.05) is 17.6 Å². The molecular formula is C18H19BrN2O3S. The van der Waals surface area contributed by atoms with Gasteiger partial charge in [-0.25, -0.2) is 4.98 Å². The van der Waals surface area contributed by atoms with Crippen molar-refractivity contribution in [2.75, 3.05) is 0 Å². The molecule has 2 aliphatic rings. The molecule has 4 rings (SSSR count). The highest BCUT2D eigenvalue weighted by Crippen LogP contribution is 2.33. The second-order valence-electron chi connectivity index (χ2n) is 6.53. The molecule has 0 spiro atoms. The van der Waals surface area contributed by atoms with Crippen LogP contribution >= 0.6 is 27.3 Å². The predicted molar refractivity (Wildman–Crippen MR) is 98.7 cm³/mol. The van der Waals surface area contributed by atoms with Crippen LogP contribution in [0.15, 0.2) is 28.2 Å². The number of carbonyl (C=O) groups is 1. The molecule has 1 aliphatic heterocycles. The molecule has 5 nitrogen and oxygen atoms in total. The number of carbonyl (C=O) groups excluding carboxylic acids is 1. The number of aliphatic hydroxyl groups is 1. The van der Waals surface area contributed by atoms with Gasteiger partial charge in [0.25, 0.3) is 5.91 Å². The molecule has 1 N–H and O–H groups in total. The van der Waals surface area contributed by atoms with Gasteiger partial charge in [-0.05, 0) is 59.0 Å². The van der Waals surface area contributed by atoms with E-state index < -0.39 is 6.10 Å². The Hall–Kier alpha value is -1.44. The van der Waals surface area contributed by atoms with Crippen molar-refractivity contribution in [1.82, 2.24) is 9.88 Å². The third kappa shape index (κ3) is 3.45. The average Bonchev–Trinajstić information content (AvgIpc) is 3.14. The first-order chi connectivity index (χ1) is 12.1. The maximum absolute atomic E-state index is 12.9. The van der Waals surface area contributed by atoms with Crippen molar-refractivity contribution in [1.29, 1.82) is 0 Å². The fraction of sp³-hybridized carbons (Fsp3) is 0.444. The third-order valence-corrected chi connectivity index (χ3v) is 6.38. The first kappa shape index (κ1) is 17.0. The van der Waals surface area contributed by atoms with Crippen molar-refractivity contribution in [2.24, 2.45) is 0 Å². The summed E-state index contributed by atoms with van der Waals surface area (Å²) in [6.45, 7) is 1.14. The van der Waals surface area contributed by atoms with Gasteiger partial charge in [-0.2, -0.15) is 0 Å². The zero-order valence-corrected chi connectivity index (χ0v) is 16.1. The van der Waals surface area contributed by atoms with Crippen LogP contribution in [0.4, 0.5) is 0 Å². The average molecular weight is 423 g/mol. The van der Waals surface area contributed by atoms with Crippen molar-refractivity contribution < 1.29 is 14.6 Å². The highest BCUT2D eigenvalue weighted by atomic mass is 79.9. The number of amides is 1. The zero-order valence-electron chi connectivity index (χ0n) is 13.7. The van der Waals surface area contributed by atoms with E-state index in [1.54, 1.807) is 17.5 Å². The summed E-state index contributed by atoms with van der Waals surface area (Å²) in [5.74, 6) is 0.316. The molecule has 3 heterocycles. The lowest BCUT2D eigenvalue weighted by Crippen LogP contribution is -2.35. The lowest BCUT2D eigenvalue weighted by molar-refractivity contribution is 0.00397. The summed E-state index contributed by atoms with van der Waals surface area (Å²) in [4.78, 5) is 20.1. The summed E-state index contributed by atoms with van der Waals surface area (Å²) < 4.78 is 7.03. The first-order valence-corrected chi connectivity index (χ1v) is 10.1. The molecule has 0 saturated heterocycles. The lowest BCUT2D eigenvalue weighted by Gasteiger charge is -2.28. The van der Waals surface area contributed by atoms with Gasteiger partial charge < -0.3 is 14.7 Å². The topological polar surface area (TPSA) is 62.7 Å². The van der Waals surface area contributed by atoms with E-state index >= 15 is 0 Å². The number of nitrogens with zero attached hydrogens (tertiary/aromatic N) is 2. The van der Waals surface area contributed by atoms with Gasteiger partial charge in [0.1, 0.15) is 11.7 Å². The predicted octanol–water partition coefficient (Wildman–Crippen LogP) is 3.74. The minimum Gasteiger partial charge on any atom is -0.471 e. The Morgan fingerprint density at radius 2 is 2.16 bits per heavy atom. The van der Waals surface area contributed by atoms with Crippen LogP contribution in [0.3, 0.4) is 0 Å². The highest BCUT2D eigenvalue weighted by Gasteiger charge is 2.34. The van der Waals surface area contributed by atoms with E-state index in [-0.39, 0.29) is 12.0 Å². The standard InChI is InChI=1S/C18H19BrN2O3S/c19-15-6-5-12(25-15)10-21-9-11-7-8-20-17(16(11)18(21)23)24-14-4-2-1-3-13(14)22/h5-8,13-14,22H,1-4,9-10H2/t13-,14-/m1/s1. The number of rotatable bonds is 4. The Kier molecular flexibility index (Phi) is 4.80. The van der Waals surface area contributed by atoms with Crippen molar-refractivity contribution in [3.05, 3.63) is 44.2 Å². The number of ether oxygens (including phenoxy) is 1. The second-order valence-corrected chi connectivity index (χ2v) is 9.07. The van der Waals surface area contributed by atoms with Crippen LogP contribution in [-0.2, 0) is 13.1 Å². The summed E-state index contributed by atoms with van der Waals surface area (Å²) >= 11 is 5.09. The number of fused-ring (bicyclic) bond motifs is 1. The summed E-state index contributed by atoms with van der Waals surface area (Å²) in [6, 6.07) is 5.90. The Morgan fingerprint density at radius 1 is 1.32 bits per heavy atom. The fourth-order valence-corrected chi connectivity index (χ4v) is 4.98. The van der Waals surface area contributed by atoms with Crippen LogP contribution in [0.1, 0.15) is 46.5 Å². The summed E-state index contributed by atoms with van der Waals surface area (Å²) in [5.41, 5.74) is 1.49. The molecule has 1 fully saturated rings. The van der Waals surface area contributed by atoms with Crippen LogP contribution in [0.2, 0.25) is 0 Å². The Bertz CT molecular complexity index is 794. The molecule has 1 saturated carbocycles. The van der Waals surface area contributed by atoms with Gasteiger partial charge in [-0.15, -0.1) is 11.3 Å². The maximum atomic E-state index is 12.9. The first-order valence-electron chi connectivity index (χ1n) is 8.48. The fourth-order valence-electron chi connectivity index (χ4n) is 3.48. The minimum absolute atomic E-state index is 0.0482. The number of hydrogen-bond acceptors (Lipinski definition) is 5. The minimum atomic E-state index is -0.484. The molecule has 7 heteroatoms. The van der Waals surface area contributed by atoms with Gasteiger partial charge in [0.2, 0.25) is 5.88 Å². The van der Waals surface area contributed by atoms with Crippen LogP contribution in [0, 0.1) is 0 Å². The van der Waals surface area contributed by atoms with Crippen molar-refractivity contribution in [2.45, 2.75) is 51.0 Å². The molecule has 1 amide bonds. The van der Waals surface area contributed by atoms with Crippen molar-refractivity contribution in [3.63, 3.8) is 0 Å². The molecule has 2 aromatic heterocycles. The zero-order chi connectivity index (χ0) is 17.4. The molecule has 0 unspecified atom stereocenters. The van der Waals surface area contributed by atoms with E-state index in [4.69, 9.17) is 4.74 Å². The molecule has 2 aromatic rings. The Labute approximate surface area is 158 Å². The molecule has 132 valence electrons. The smallest absolute Gasteiger partial charge is 0.260 e. The van der Waals surface area contributed by atoms with Gasteiger partial charge in [-0.1, -0.05) is 6.42 Å². The van der Waals surface area contributed by atoms with E-state index in [2.05, 4.69) is 20.9 Å². The van der Waals surface area contributed by atoms with Crippen LogP contribution in [0.25, 0.3) is 0 Å². The van der Waals surface area contributed by atoms with Crippen LogP contribution in [0.5, 0.6) is 5.88 Å². The Morgan fingerprint density at radius 3 is 2.92 bits per heavy atom.